The number of amides is 1. The summed E-state index contributed by atoms with van der Waals surface area (Å²) in [6.07, 6.45) is 2.00. The van der Waals surface area contributed by atoms with E-state index in [4.69, 9.17) is 0 Å². The third kappa shape index (κ3) is 2.56. The summed E-state index contributed by atoms with van der Waals surface area (Å²) in [4.78, 5) is 15.5. The topological polar surface area (TPSA) is 23.3 Å². The second-order valence-electron chi connectivity index (χ2n) is 4.62. The van der Waals surface area contributed by atoms with Crippen molar-refractivity contribution >= 4 is 51.3 Å². The van der Waals surface area contributed by atoms with E-state index in [1.165, 1.54) is 0 Å². The molecule has 0 radical (unpaired) electrons. The van der Waals surface area contributed by atoms with Gasteiger partial charge in [0.25, 0.3) is 4.38 Å². The highest BCUT2D eigenvalue weighted by Gasteiger charge is 2.40. The average Bonchev–Trinajstić information content (AvgIpc) is 3.02. The van der Waals surface area contributed by atoms with Crippen molar-refractivity contribution in [3.8, 4) is 0 Å². The average molecular weight is 335 g/mol. The molecule has 0 spiro atoms. The second-order valence-corrected chi connectivity index (χ2v) is 7.53. The van der Waals surface area contributed by atoms with Crippen molar-refractivity contribution in [1.29, 1.82) is 0 Å². The lowest BCUT2D eigenvalue weighted by Gasteiger charge is -2.21. The minimum atomic E-state index is 0.0795. The minimum absolute atomic E-state index is 0.0795. The van der Waals surface area contributed by atoms with E-state index in [9.17, 15) is 4.79 Å². The molecule has 0 N–H and O–H groups in total. The van der Waals surface area contributed by atoms with Gasteiger partial charge in [-0.2, -0.15) is 0 Å². The Morgan fingerprint density at radius 2 is 1.95 bits per heavy atom. The number of benzene rings is 1. The third-order valence-electron chi connectivity index (χ3n) is 3.24. The third-order valence-corrected chi connectivity index (χ3v) is 6.83. The van der Waals surface area contributed by atoms with E-state index in [1.807, 2.05) is 31.5 Å². The number of hydrogen-bond donors (Lipinski definition) is 0. The molecule has 3 rings (SSSR count). The largest absolute Gasteiger partial charge is 0.430 e. The molecule has 3 nitrogen and oxygen atoms in total. The lowest BCUT2D eigenvalue weighted by Crippen LogP contribution is -2.19. The lowest BCUT2D eigenvalue weighted by atomic mass is 10.3. The van der Waals surface area contributed by atoms with E-state index >= 15 is 0 Å². The Hall–Kier alpha value is -1.11. The van der Waals surface area contributed by atoms with Gasteiger partial charge >= 0.3 is 5.91 Å². The lowest BCUT2D eigenvalue weighted by molar-refractivity contribution is -0.406. The number of hydrogen-bond acceptors (Lipinski definition) is 5. The molecule has 6 heteroatoms. The molecule has 0 fully saturated rings. The summed E-state index contributed by atoms with van der Waals surface area (Å²) >= 11 is 4.80. The highest BCUT2D eigenvalue weighted by Crippen LogP contribution is 2.45. The van der Waals surface area contributed by atoms with Crippen LogP contribution in [0.2, 0.25) is 0 Å². The van der Waals surface area contributed by atoms with Crippen LogP contribution in [0.1, 0.15) is 6.92 Å². The first-order chi connectivity index (χ1) is 10.1. The number of para-hydroxylation sites is 1. The van der Waals surface area contributed by atoms with E-state index in [1.54, 1.807) is 39.9 Å². The molecule has 2 aliphatic heterocycles. The maximum Gasteiger partial charge on any atom is 0.430 e. The van der Waals surface area contributed by atoms with Crippen molar-refractivity contribution in [2.75, 3.05) is 18.2 Å². The van der Waals surface area contributed by atoms with E-state index in [2.05, 4.69) is 29.4 Å². The van der Waals surface area contributed by atoms with E-state index in [0.717, 1.165) is 25.7 Å². The molecule has 21 heavy (non-hydrogen) atoms. The smallest absolute Gasteiger partial charge is 0.307 e. The van der Waals surface area contributed by atoms with Crippen molar-refractivity contribution in [2.24, 2.45) is 0 Å². The molecule has 0 saturated heterocycles. The summed E-state index contributed by atoms with van der Waals surface area (Å²) in [7, 11) is 1.83. The van der Waals surface area contributed by atoms with E-state index < -0.39 is 0 Å². The van der Waals surface area contributed by atoms with Crippen LogP contribution in [0.4, 0.5) is 5.69 Å². The second kappa shape index (κ2) is 5.94. The Balaban J connectivity index is 2.04. The molecular weight excluding hydrogens is 320 g/mol. The SMILES string of the molecule is CSC1=[N+](C)C(=O)/C(=C2\SC=C(C)N2c2ccccc2)S1. The maximum atomic E-state index is 12.5. The van der Waals surface area contributed by atoms with Crippen LogP contribution in [0.25, 0.3) is 0 Å². The Kier molecular flexibility index (Phi) is 4.19. The van der Waals surface area contributed by atoms with Crippen molar-refractivity contribution in [3.63, 3.8) is 0 Å². The van der Waals surface area contributed by atoms with Gasteiger partial charge in [0.15, 0.2) is 4.91 Å². The molecule has 2 aliphatic rings. The molecule has 0 bridgehead atoms. The van der Waals surface area contributed by atoms with E-state index in [0.29, 0.717) is 0 Å². The number of carbonyl (C=O) groups is 1. The molecular formula is C15H15N2OS3+. The van der Waals surface area contributed by atoms with Gasteiger partial charge in [0.1, 0.15) is 12.1 Å². The van der Waals surface area contributed by atoms with Crippen LogP contribution < -0.4 is 4.90 Å². The first kappa shape index (κ1) is 14.8. The molecule has 2 heterocycles. The molecule has 0 saturated carbocycles. The highest BCUT2D eigenvalue weighted by molar-refractivity contribution is 8.40. The number of thioether (sulfide) groups is 3. The summed E-state index contributed by atoms with van der Waals surface area (Å²) in [5, 5.41) is 3.10. The quantitative estimate of drug-likeness (QED) is 0.572. The maximum absolute atomic E-state index is 12.5. The Bertz CT molecular complexity index is 692. The number of rotatable bonds is 1. The molecule has 0 aromatic heterocycles. The molecule has 108 valence electrons. The molecule has 0 aliphatic carbocycles. The van der Waals surface area contributed by atoms with Gasteiger partial charge in [-0.15, -0.1) is 4.58 Å². The van der Waals surface area contributed by atoms with Crippen LogP contribution in [0.3, 0.4) is 0 Å². The van der Waals surface area contributed by atoms with Gasteiger partial charge in [0.2, 0.25) is 0 Å². The van der Waals surface area contributed by atoms with Crippen LogP contribution in [0.5, 0.6) is 0 Å². The summed E-state index contributed by atoms with van der Waals surface area (Å²) < 4.78 is 2.76. The van der Waals surface area contributed by atoms with Gasteiger partial charge in [-0.1, -0.05) is 41.7 Å². The Morgan fingerprint density at radius 1 is 1.24 bits per heavy atom. The fourth-order valence-electron chi connectivity index (χ4n) is 2.21. The van der Waals surface area contributed by atoms with E-state index in [-0.39, 0.29) is 5.91 Å². The molecule has 1 aromatic carbocycles. The Labute approximate surface area is 137 Å². The van der Waals surface area contributed by atoms with Gasteiger partial charge in [-0.05, 0) is 30.7 Å². The van der Waals surface area contributed by atoms with Crippen LogP contribution in [-0.4, -0.2) is 28.2 Å². The Morgan fingerprint density at radius 3 is 2.57 bits per heavy atom. The summed E-state index contributed by atoms with van der Waals surface area (Å²) in [6, 6.07) is 10.2. The first-order valence-electron chi connectivity index (χ1n) is 6.43. The first-order valence-corrected chi connectivity index (χ1v) is 9.35. The van der Waals surface area contributed by atoms with Crippen LogP contribution in [0, 0.1) is 0 Å². The van der Waals surface area contributed by atoms with Crippen LogP contribution in [-0.2, 0) is 4.79 Å². The van der Waals surface area contributed by atoms with Gasteiger partial charge < -0.3 is 4.90 Å². The van der Waals surface area contributed by atoms with Crippen molar-refractivity contribution in [2.45, 2.75) is 6.92 Å². The zero-order chi connectivity index (χ0) is 15.0. The monoisotopic (exact) mass is 335 g/mol. The summed E-state index contributed by atoms with van der Waals surface area (Å²) in [6.45, 7) is 2.07. The normalized spacial score (nSPS) is 22.3. The van der Waals surface area contributed by atoms with Gasteiger partial charge in [-0.25, -0.2) is 4.79 Å². The molecule has 0 unspecified atom stereocenters. The van der Waals surface area contributed by atoms with Crippen LogP contribution in [0.15, 0.2) is 51.4 Å². The van der Waals surface area contributed by atoms with Crippen molar-refractivity contribution < 1.29 is 9.37 Å². The zero-order valence-corrected chi connectivity index (χ0v) is 14.4. The van der Waals surface area contributed by atoms with Crippen molar-refractivity contribution in [1.82, 2.24) is 0 Å². The number of carbonyl (C=O) groups excluding carboxylic acids is 1. The minimum Gasteiger partial charge on any atom is -0.307 e. The molecule has 1 amide bonds. The van der Waals surface area contributed by atoms with Crippen LogP contribution >= 0.6 is 35.3 Å². The van der Waals surface area contributed by atoms with Gasteiger partial charge in [0.05, 0.1) is 0 Å². The summed E-state index contributed by atoms with van der Waals surface area (Å²) in [5.74, 6) is 0.0795. The van der Waals surface area contributed by atoms with Gasteiger partial charge in [0, 0.05) is 23.1 Å². The molecule has 0 atom stereocenters. The highest BCUT2D eigenvalue weighted by atomic mass is 32.2. The standard InChI is InChI=1S/C15H15N2OS3/c1-10-9-20-14(17(10)11-7-5-4-6-8-11)12-13(18)16(2)15(19-3)21-12/h4-9H,1-3H3/q+1/b14-12+. The molecule has 1 aromatic rings. The number of anilines is 1. The summed E-state index contributed by atoms with van der Waals surface area (Å²) in [5.41, 5.74) is 2.23. The predicted molar refractivity (Wildman–Crippen MR) is 94.6 cm³/mol. The number of allylic oxidation sites excluding steroid dienone is 1. The zero-order valence-electron chi connectivity index (χ0n) is 12.0. The fraction of sp³-hybridized carbons (Fsp3) is 0.200. The number of nitrogens with zero attached hydrogens (tertiary/aromatic N) is 2. The predicted octanol–water partition coefficient (Wildman–Crippen LogP) is 3.90. The van der Waals surface area contributed by atoms with Crippen molar-refractivity contribution in [3.05, 3.63) is 51.4 Å². The van der Waals surface area contributed by atoms with Gasteiger partial charge in [-0.3, -0.25) is 0 Å². The fourth-order valence-corrected chi connectivity index (χ4v) is 5.15. The number of likely N-dealkylation sites (N-methyl/N-ethyl adjacent to an activating group) is 1.